The van der Waals surface area contributed by atoms with Crippen molar-refractivity contribution in [2.45, 2.75) is 32.7 Å². The summed E-state index contributed by atoms with van der Waals surface area (Å²) >= 11 is 6.93. The average molecular weight is 607 g/mol. The number of aromatic nitrogens is 4. The highest BCUT2D eigenvalue weighted by molar-refractivity contribution is 6.50. The van der Waals surface area contributed by atoms with Gasteiger partial charge in [-0.15, -0.1) is 0 Å². The summed E-state index contributed by atoms with van der Waals surface area (Å²) in [4.78, 5) is 43.8. The van der Waals surface area contributed by atoms with E-state index in [1.165, 1.54) is 15.5 Å². The van der Waals surface area contributed by atoms with Gasteiger partial charge in [0.05, 0.1) is 49.2 Å². The molecule has 4 radical (unpaired) electrons. The molecule has 1 aliphatic heterocycles. The number of fused-ring (bicyclic) bond motifs is 1. The SMILES string of the molecule is [B]C([B])=Cc1ccccc1-c1nc2c(cc1Cl)c(N1CCN(C(=O)C=C)C[C@@H]1CF)nc(=O)n2-c1c(C)ccnc1C(C)C. The number of piperazine rings is 1. The predicted molar refractivity (Wildman–Crippen MR) is 176 cm³/mol. The van der Waals surface area contributed by atoms with Crippen molar-refractivity contribution in [1.82, 2.24) is 24.4 Å². The molecule has 0 saturated carbocycles. The van der Waals surface area contributed by atoms with Gasteiger partial charge in [-0.1, -0.05) is 62.4 Å². The summed E-state index contributed by atoms with van der Waals surface area (Å²) in [6.07, 6.45) is 4.52. The molecule has 5 rings (SSSR count). The smallest absolute Gasteiger partial charge is 0.347 e. The minimum atomic E-state index is -0.772. The van der Waals surface area contributed by atoms with Crippen LogP contribution in [0.25, 0.3) is 34.1 Å². The van der Waals surface area contributed by atoms with Crippen LogP contribution in [-0.4, -0.2) is 78.4 Å². The monoisotopic (exact) mass is 606 g/mol. The molecule has 12 heteroatoms. The van der Waals surface area contributed by atoms with Crippen molar-refractivity contribution >= 4 is 56.1 Å². The molecule has 1 atom stereocenters. The molecule has 0 N–H and O–H groups in total. The summed E-state index contributed by atoms with van der Waals surface area (Å²) < 4.78 is 16.0. The van der Waals surface area contributed by atoms with Crippen molar-refractivity contribution in [3.8, 4) is 16.9 Å². The van der Waals surface area contributed by atoms with Crippen LogP contribution in [0.15, 0.2) is 65.4 Å². The maximum absolute atomic E-state index is 14.5. The predicted octanol–water partition coefficient (Wildman–Crippen LogP) is 4.74. The number of pyridine rings is 2. The number of nitrogens with zero attached hydrogens (tertiary/aromatic N) is 6. The molecule has 0 bridgehead atoms. The van der Waals surface area contributed by atoms with Gasteiger partial charge >= 0.3 is 5.69 Å². The maximum Gasteiger partial charge on any atom is 0.355 e. The molecule has 1 aliphatic rings. The van der Waals surface area contributed by atoms with Crippen LogP contribution in [0.5, 0.6) is 0 Å². The summed E-state index contributed by atoms with van der Waals surface area (Å²) in [5.74, 6) is -0.0737. The number of alkyl halides is 1. The summed E-state index contributed by atoms with van der Waals surface area (Å²) in [7, 11) is 11.6. The van der Waals surface area contributed by atoms with Gasteiger partial charge in [0.2, 0.25) is 5.91 Å². The largest absolute Gasteiger partial charge is 0.355 e. The van der Waals surface area contributed by atoms with Gasteiger partial charge in [-0.05, 0) is 42.2 Å². The van der Waals surface area contributed by atoms with E-state index < -0.39 is 18.4 Å². The standard InChI is InChI=1S/C32H30B2ClFN6O2/c1-5-26(43)40-12-13-41(21(16-36)17-40)30-23-15-24(35)28(22-9-7-6-8-20(22)14-25(33)34)38-31(23)42(32(44)39-30)29-19(4)10-11-37-27(29)18(2)3/h5-11,14-15,18,21H,1,12-13,16-17H2,2-4H3/t21-/m0/s1. The first-order chi connectivity index (χ1) is 21.0. The van der Waals surface area contributed by atoms with Crippen LogP contribution in [0.4, 0.5) is 10.2 Å². The van der Waals surface area contributed by atoms with Gasteiger partial charge in [0.25, 0.3) is 0 Å². The van der Waals surface area contributed by atoms with Gasteiger partial charge < -0.3 is 9.80 Å². The molecule has 44 heavy (non-hydrogen) atoms. The highest BCUT2D eigenvalue weighted by atomic mass is 35.5. The molecular weight excluding hydrogens is 576 g/mol. The molecule has 0 unspecified atom stereocenters. The molecule has 1 fully saturated rings. The lowest BCUT2D eigenvalue weighted by Gasteiger charge is -2.41. The van der Waals surface area contributed by atoms with Crippen LogP contribution in [-0.2, 0) is 4.79 Å². The number of halogens is 2. The Morgan fingerprint density at radius 2 is 1.95 bits per heavy atom. The number of rotatable bonds is 7. The fraction of sp³-hybridized carbons (Fsp3) is 0.281. The lowest BCUT2D eigenvalue weighted by atomic mass is 9.77. The highest BCUT2D eigenvalue weighted by Crippen LogP contribution is 2.37. The summed E-state index contributed by atoms with van der Waals surface area (Å²) in [5.41, 5.74) is 3.47. The number of carbonyl (C=O) groups is 1. The molecule has 220 valence electrons. The van der Waals surface area contributed by atoms with Crippen LogP contribution in [0, 0.1) is 6.92 Å². The lowest BCUT2D eigenvalue weighted by molar-refractivity contribution is -0.126. The maximum atomic E-state index is 14.5. The van der Waals surface area contributed by atoms with Crippen molar-refractivity contribution < 1.29 is 9.18 Å². The Hall–Kier alpha value is -4.24. The van der Waals surface area contributed by atoms with Crippen LogP contribution < -0.4 is 10.6 Å². The van der Waals surface area contributed by atoms with E-state index >= 15 is 0 Å². The fourth-order valence-electron chi connectivity index (χ4n) is 5.61. The fourth-order valence-corrected chi connectivity index (χ4v) is 5.87. The molecule has 1 amide bonds. The third-order valence-electron chi connectivity index (χ3n) is 7.68. The topological polar surface area (TPSA) is 84.2 Å². The van der Waals surface area contributed by atoms with Crippen molar-refractivity contribution in [3.63, 3.8) is 0 Å². The van der Waals surface area contributed by atoms with E-state index in [1.54, 1.807) is 23.2 Å². The second-order valence-corrected chi connectivity index (χ2v) is 11.4. The molecule has 3 aromatic heterocycles. The first-order valence-electron chi connectivity index (χ1n) is 14.2. The molecule has 0 spiro atoms. The number of amides is 1. The van der Waals surface area contributed by atoms with Gasteiger partial charge in [0, 0.05) is 31.4 Å². The van der Waals surface area contributed by atoms with Gasteiger partial charge in [0.1, 0.15) is 12.5 Å². The Morgan fingerprint density at radius 1 is 1.20 bits per heavy atom. The van der Waals surface area contributed by atoms with Gasteiger partial charge in [-0.25, -0.2) is 18.7 Å². The number of aryl methyl sites for hydroxylation is 1. The first kappa shape index (κ1) is 31.2. The van der Waals surface area contributed by atoms with E-state index in [-0.39, 0.29) is 46.8 Å². The van der Waals surface area contributed by atoms with E-state index in [2.05, 4.69) is 16.5 Å². The first-order valence-corrected chi connectivity index (χ1v) is 14.6. The average Bonchev–Trinajstić information content (AvgIpc) is 3.00. The molecule has 1 saturated heterocycles. The number of benzene rings is 1. The van der Waals surface area contributed by atoms with Gasteiger partial charge in [0.15, 0.2) is 5.65 Å². The Bertz CT molecular complexity index is 1860. The Balaban J connectivity index is 1.84. The molecule has 0 aliphatic carbocycles. The third-order valence-corrected chi connectivity index (χ3v) is 7.97. The number of hydrogen-bond donors (Lipinski definition) is 0. The van der Waals surface area contributed by atoms with E-state index in [0.717, 1.165) is 5.56 Å². The second-order valence-electron chi connectivity index (χ2n) is 11.0. The molecule has 4 aromatic rings. The van der Waals surface area contributed by atoms with Crippen molar-refractivity contribution in [2.75, 3.05) is 31.2 Å². The molecular formula is C32H30B2ClFN6O2. The van der Waals surface area contributed by atoms with Crippen LogP contribution in [0.2, 0.25) is 5.02 Å². The van der Waals surface area contributed by atoms with Gasteiger partial charge in [-0.3, -0.25) is 9.78 Å². The molecule has 8 nitrogen and oxygen atoms in total. The summed E-state index contributed by atoms with van der Waals surface area (Å²) in [5, 5.41) is 0.840. The minimum Gasteiger partial charge on any atom is -0.347 e. The normalized spacial score (nSPS) is 15.1. The second kappa shape index (κ2) is 12.8. The van der Waals surface area contributed by atoms with E-state index in [9.17, 15) is 14.0 Å². The zero-order valence-corrected chi connectivity index (χ0v) is 25.6. The van der Waals surface area contributed by atoms with Crippen LogP contribution >= 0.6 is 11.6 Å². The number of hydrogen-bond acceptors (Lipinski definition) is 6. The van der Waals surface area contributed by atoms with Crippen molar-refractivity contribution in [3.05, 3.63) is 92.9 Å². The zero-order valence-electron chi connectivity index (χ0n) is 24.8. The Labute approximate surface area is 263 Å². The van der Waals surface area contributed by atoms with Crippen LogP contribution in [0.3, 0.4) is 0 Å². The van der Waals surface area contributed by atoms with Crippen molar-refractivity contribution in [1.29, 1.82) is 0 Å². The lowest BCUT2D eigenvalue weighted by Crippen LogP contribution is -2.56. The molecule has 4 heterocycles. The van der Waals surface area contributed by atoms with Gasteiger partial charge in [-0.2, -0.15) is 10.4 Å². The van der Waals surface area contributed by atoms with Crippen molar-refractivity contribution in [2.24, 2.45) is 0 Å². The number of anilines is 1. The quantitative estimate of drug-likeness (QED) is 0.223. The Morgan fingerprint density at radius 3 is 2.64 bits per heavy atom. The van der Waals surface area contributed by atoms with Crippen LogP contribution in [0.1, 0.15) is 36.6 Å². The summed E-state index contributed by atoms with van der Waals surface area (Å²) in [6.45, 7) is 9.29. The molecule has 1 aromatic carbocycles. The Kier molecular flexibility index (Phi) is 9.06. The third kappa shape index (κ3) is 5.80. The number of carbonyl (C=O) groups excluding carboxylic acids is 1. The van der Waals surface area contributed by atoms with E-state index in [4.69, 9.17) is 32.3 Å². The minimum absolute atomic E-state index is 0.0249. The summed E-state index contributed by atoms with van der Waals surface area (Å²) in [6, 6.07) is 10.1. The highest BCUT2D eigenvalue weighted by Gasteiger charge is 2.32. The van der Waals surface area contributed by atoms with E-state index in [1.807, 2.05) is 51.1 Å². The zero-order chi connectivity index (χ0) is 31.7. The van der Waals surface area contributed by atoms with E-state index in [0.29, 0.717) is 40.1 Å².